The minimum atomic E-state index is -0.592. The van der Waals surface area contributed by atoms with Crippen LogP contribution < -0.4 is 16.0 Å². The number of amides is 2. The van der Waals surface area contributed by atoms with Crippen LogP contribution in [-0.2, 0) is 9.59 Å². The van der Waals surface area contributed by atoms with E-state index in [-0.39, 0.29) is 49.1 Å². The van der Waals surface area contributed by atoms with Crippen LogP contribution >= 0.6 is 36.2 Å². The summed E-state index contributed by atoms with van der Waals surface area (Å²) in [4.78, 5) is 36.8. The van der Waals surface area contributed by atoms with Gasteiger partial charge in [0.1, 0.15) is 12.1 Å². The van der Waals surface area contributed by atoms with E-state index in [1.165, 1.54) is 0 Å². The number of nitrogens with one attached hydrogen (secondary N) is 1. The highest BCUT2D eigenvalue weighted by Gasteiger charge is 2.24. The fourth-order valence-corrected chi connectivity index (χ4v) is 3.73. The molecular formula is C17H26Cl2N6O2S. The molecule has 0 aliphatic carbocycles. The molecule has 0 saturated carbocycles. The first-order chi connectivity index (χ1) is 12.5. The lowest BCUT2D eigenvalue weighted by Gasteiger charge is -2.35. The summed E-state index contributed by atoms with van der Waals surface area (Å²) in [5.41, 5.74) is 6.74. The highest BCUT2D eigenvalue weighted by molar-refractivity contribution is 7.17. The van der Waals surface area contributed by atoms with E-state index in [0.29, 0.717) is 26.2 Å². The monoisotopic (exact) mass is 448 g/mol. The van der Waals surface area contributed by atoms with Gasteiger partial charge >= 0.3 is 0 Å². The van der Waals surface area contributed by atoms with Crippen LogP contribution in [-0.4, -0.2) is 65.4 Å². The zero-order valence-corrected chi connectivity index (χ0v) is 18.3. The summed E-state index contributed by atoms with van der Waals surface area (Å²) in [6.45, 7) is 6.35. The molecule has 0 aromatic carbocycles. The number of thiophene rings is 1. The average Bonchev–Trinajstić information content (AvgIpc) is 3.14. The number of nitrogens with zero attached hydrogens (tertiary/aromatic N) is 4. The summed E-state index contributed by atoms with van der Waals surface area (Å²) in [5, 5.41) is 4.64. The van der Waals surface area contributed by atoms with E-state index in [9.17, 15) is 9.59 Å². The number of halogens is 2. The van der Waals surface area contributed by atoms with Crippen molar-refractivity contribution in [1.82, 2.24) is 20.2 Å². The molecule has 2 amide bonds. The maximum Gasteiger partial charge on any atom is 0.242 e. The van der Waals surface area contributed by atoms with Crippen molar-refractivity contribution in [2.24, 2.45) is 11.7 Å². The van der Waals surface area contributed by atoms with Crippen LogP contribution in [0.5, 0.6) is 0 Å². The van der Waals surface area contributed by atoms with Gasteiger partial charge in [-0.05, 0) is 17.4 Å². The summed E-state index contributed by atoms with van der Waals surface area (Å²) < 4.78 is 1.07. The summed E-state index contributed by atoms with van der Waals surface area (Å²) in [6.07, 6.45) is 1.58. The highest BCUT2D eigenvalue weighted by Crippen LogP contribution is 2.28. The molecule has 2 aromatic rings. The maximum atomic E-state index is 12.3. The number of rotatable bonds is 5. The number of carbonyl (C=O) groups is 2. The lowest BCUT2D eigenvalue weighted by molar-refractivity contribution is -0.133. The van der Waals surface area contributed by atoms with E-state index in [2.05, 4.69) is 20.2 Å². The Morgan fingerprint density at radius 2 is 1.89 bits per heavy atom. The van der Waals surface area contributed by atoms with Crippen molar-refractivity contribution in [3.63, 3.8) is 0 Å². The smallest absolute Gasteiger partial charge is 0.242 e. The highest BCUT2D eigenvalue weighted by atomic mass is 35.5. The molecule has 1 atom stereocenters. The fraction of sp³-hybridized carbons (Fsp3) is 0.529. The van der Waals surface area contributed by atoms with Crippen molar-refractivity contribution >= 4 is 64.0 Å². The van der Waals surface area contributed by atoms with Gasteiger partial charge in [0.15, 0.2) is 0 Å². The Bertz CT molecular complexity index is 795. The van der Waals surface area contributed by atoms with Gasteiger partial charge < -0.3 is 20.9 Å². The quantitative estimate of drug-likeness (QED) is 0.713. The minimum Gasteiger partial charge on any atom is -0.352 e. The number of nitrogens with two attached hydrogens (primary N) is 1. The van der Waals surface area contributed by atoms with Crippen LogP contribution in [0.4, 0.5) is 5.82 Å². The van der Waals surface area contributed by atoms with Gasteiger partial charge in [-0.25, -0.2) is 9.97 Å². The van der Waals surface area contributed by atoms with Gasteiger partial charge in [-0.1, -0.05) is 13.8 Å². The molecule has 0 spiro atoms. The Morgan fingerprint density at radius 3 is 2.54 bits per heavy atom. The number of anilines is 1. The van der Waals surface area contributed by atoms with Crippen LogP contribution in [0.3, 0.4) is 0 Å². The van der Waals surface area contributed by atoms with Crippen LogP contribution in [0, 0.1) is 5.92 Å². The number of fused-ring (bicyclic) bond motifs is 1. The third-order valence-corrected chi connectivity index (χ3v) is 5.49. The predicted molar refractivity (Wildman–Crippen MR) is 117 cm³/mol. The predicted octanol–water partition coefficient (Wildman–Crippen LogP) is 1.28. The Hall–Kier alpha value is -1.68. The van der Waals surface area contributed by atoms with Gasteiger partial charge in [0.25, 0.3) is 0 Å². The van der Waals surface area contributed by atoms with Crippen LogP contribution in [0.1, 0.15) is 13.8 Å². The van der Waals surface area contributed by atoms with E-state index >= 15 is 0 Å². The third-order valence-electron chi connectivity index (χ3n) is 4.59. The van der Waals surface area contributed by atoms with E-state index < -0.39 is 6.04 Å². The topological polar surface area (TPSA) is 104 Å². The molecule has 1 saturated heterocycles. The van der Waals surface area contributed by atoms with Gasteiger partial charge in [-0.15, -0.1) is 36.2 Å². The van der Waals surface area contributed by atoms with Gasteiger partial charge in [-0.2, -0.15) is 0 Å². The SMILES string of the molecule is CC(C)[C@H](N)C(=O)NCC(=O)N1CCN(c2ncnc3ccsc23)CC1.Cl.Cl. The van der Waals surface area contributed by atoms with Crippen molar-refractivity contribution in [2.45, 2.75) is 19.9 Å². The molecule has 11 heteroatoms. The number of piperazine rings is 1. The lowest BCUT2D eigenvalue weighted by atomic mass is 10.1. The van der Waals surface area contributed by atoms with Crippen molar-refractivity contribution in [2.75, 3.05) is 37.6 Å². The normalized spacial score (nSPS) is 15.0. The number of hydrogen-bond acceptors (Lipinski definition) is 7. The molecule has 3 heterocycles. The second kappa shape index (κ2) is 10.8. The first-order valence-electron chi connectivity index (χ1n) is 8.71. The summed E-state index contributed by atoms with van der Waals surface area (Å²) >= 11 is 1.62. The van der Waals surface area contributed by atoms with Crippen molar-refractivity contribution in [3.8, 4) is 0 Å². The number of hydrogen-bond donors (Lipinski definition) is 2. The number of aromatic nitrogens is 2. The molecule has 0 bridgehead atoms. The van der Waals surface area contributed by atoms with Gasteiger partial charge in [0, 0.05) is 26.2 Å². The molecular weight excluding hydrogens is 423 g/mol. The molecule has 1 fully saturated rings. The van der Waals surface area contributed by atoms with E-state index in [4.69, 9.17) is 5.73 Å². The molecule has 3 rings (SSSR count). The molecule has 28 heavy (non-hydrogen) atoms. The Kier molecular flexibility index (Phi) is 9.35. The molecule has 1 aliphatic rings. The molecule has 1 aliphatic heterocycles. The summed E-state index contributed by atoms with van der Waals surface area (Å²) in [5.74, 6) is 0.592. The van der Waals surface area contributed by atoms with Crippen LogP contribution in [0.2, 0.25) is 0 Å². The molecule has 3 N–H and O–H groups in total. The third kappa shape index (κ3) is 5.44. The minimum absolute atomic E-state index is 0. The molecule has 0 radical (unpaired) electrons. The lowest BCUT2D eigenvalue weighted by Crippen LogP contribution is -2.53. The van der Waals surface area contributed by atoms with E-state index in [1.54, 1.807) is 22.6 Å². The van der Waals surface area contributed by atoms with Crippen molar-refractivity contribution in [3.05, 3.63) is 17.8 Å². The molecule has 2 aromatic heterocycles. The Morgan fingerprint density at radius 1 is 1.21 bits per heavy atom. The molecule has 0 unspecified atom stereocenters. The number of carbonyl (C=O) groups excluding carboxylic acids is 2. The van der Waals surface area contributed by atoms with Gasteiger partial charge in [0.2, 0.25) is 11.8 Å². The zero-order valence-electron chi connectivity index (χ0n) is 15.8. The standard InChI is InChI=1S/C17H24N6O2S.2ClH/c1-11(2)14(18)17(25)19-9-13(24)22-4-6-23(7-5-22)16-15-12(3-8-26-15)20-10-21-16;;/h3,8,10-11,14H,4-7,9,18H2,1-2H3,(H,19,25);2*1H/t14-;;/m0../s1. The van der Waals surface area contributed by atoms with Crippen LogP contribution in [0.15, 0.2) is 17.8 Å². The van der Waals surface area contributed by atoms with Crippen molar-refractivity contribution in [1.29, 1.82) is 0 Å². The maximum absolute atomic E-state index is 12.3. The van der Waals surface area contributed by atoms with Crippen LogP contribution in [0.25, 0.3) is 10.2 Å². The largest absolute Gasteiger partial charge is 0.352 e. The Balaban J connectivity index is 0.00000196. The van der Waals surface area contributed by atoms with E-state index in [1.807, 2.05) is 25.3 Å². The molecule has 156 valence electrons. The summed E-state index contributed by atoms with van der Waals surface area (Å²) in [6, 6.07) is 1.39. The Labute approximate surface area is 180 Å². The second-order valence-corrected chi connectivity index (χ2v) is 7.60. The van der Waals surface area contributed by atoms with Gasteiger partial charge in [0.05, 0.1) is 22.8 Å². The molecule has 8 nitrogen and oxygen atoms in total. The average molecular weight is 449 g/mol. The van der Waals surface area contributed by atoms with E-state index in [0.717, 1.165) is 16.0 Å². The van der Waals surface area contributed by atoms with Gasteiger partial charge in [-0.3, -0.25) is 9.59 Å². The summed E-state index contributed by atoms with van der Waals surface area (Å²) in [7, 11) is 0. The fourth-order valence-electron chi connectivity index (χ4n) is 2.86. The first kappa shape index (κ1) is 24.4. The zero-order chi connectivity index (χ0) is 18.7. The van der Waals surface area contributed by atoms with Crippen molar-refractivity contribution < 1.29 is 9.59 Å². The first-order valence-corrected chi connectivity index (χ1v) is 9.59. The second-order valence-electron chi connectivity index (χ2n) is 6.69.